The van der Waals surface area contributed by atoms with Crippen LogP contribution in [0.15, 0.2) is 87.2 Å². The zero-order valence-electron chi connectivity index (χ0n) is 14.1. The number of carbonyl (C=O) groups excluding carboxylic acids is 2. The van der Waals surface area contributed by atoms with Crippen molar-refractivity contribution in [3.63, 3.8) is 0 Å². The van der Waals surface area contributed by atoms with E-state index in [1.807, 2.05) is 36.4 Å². The lowest BCUT2D eigenvalue weighted by atomic mass is 10.3. The second-order valence-electron chi connectivity index (χ2n) is 5.42. The molecule has 2 aromatic carbocycles. The molecule has 5 nitrogen and oxygen atoms in total. The van der Waals surface area contributed by atoms with Gasteiger partial charge in [-0.1, -0.05) is 33.8 Å². The van der Waals surface area contributed by atoms with Crippen LogP contribution in [0.25, 0.3) is 0 Å². The normalized spacial score (nSPS) is 10.3. The molecule has 0 radical (unpaired) electrons. The van der Waals surface area contributed by atoms with E-state index in [9.17, 15) is 9.59 Å². The molecular formula is C20H15BrN2O3S. The summed E-state index contributed by atoms with van der Waals surface area (Å²) in [5, 5.41) is 2.70. The van der Waals surface area contributed by atoms with Gasteiger partial charge in [0.2, 0.25) is 0 Å². The van der Waals surface area contributed by atoms with E-state index in [0.29, 0.717) is 5.69 Å². The van der Waals surface area contributed by atoms with Crippen molar-refractivity contribution < 1.29 is 14.3 Å². The van der Waals surface area contributed by atoms with Crippen LogP contribution in [-0.4, -0.2) is 23.5 Å². The van der Waals surface area contributed by atoms with Gasteiger partial charge in [-0.25, -0.2) is 9.78 Å². The minimum Gasteiger partial charge on any atom is -0.451 e. The molecule has 3 rings (SSSR count). The van der Waals surface area contributed by atoms with Gasteiger partial charge in [0.15, 0.2) is 6.61 Å². The lowest BCUT2D eigenvalue weighted by Gasteiger charge is -2.07. The van der Waals surface area contributed by atoms with E-state index in [0.717, 1.165) is 14.3 Å². The summed E-state index contributed by atoms with van der Waals surface area (Å²) in [4.78, 5) is 29.8. The van der Waals surface area contributed by atoms with Gasteiger partial charge in [-0.3, -0.25) is 4.79 Å². The zero-order chi connectivity index (χ0) is 19.1. The highest BCUT2D eigenvalue weighted by molar-refractivity contribution is 9.10. The van der Waals surface area contributed by atoms with Crippen molar-refractivity contribution in [3.8, 4) is 0 Å². The molecule has 0 aliphatic rings. The lowest BCUT2D eigenvalue weighted by Crippen LogP contribution is -2.21. The molecule has 1 aromatic heterocycles. The number of amides is 1. The summed E-state index contributed by atoms with van der Waals surface area (Å²) in [5.41, 5.74) is 0.800. The van der Waals surface area contributed by atoms with Crippen LogP contribution < -0.4 is 5.32 Å². The molecule has 7 heteroatoms. The summed E-state index contributed by atoms with van der Waals surface area (Å²) in [6.07, 6.45) is 1.49. The number of carbonyl (C=O) groups is 2. The third-order valence-corrected chi connectivity index (χ3v) is 4.94. The number of hydrogen-bond donors (Lipinski definition) is 1. The van der Waals surface area contributed by atoms with Crippen LogP contribution in [0.3, 0.4) is 0 Å². The van der Waals surface area contributed by atoms with Gasteiger partial charge in [-0.05, 0) is 60.7 Å². The third kappa shape index (κ3) is 5.94. The number of nitrogens with one attached hydrogen (secondary N) is 1. The molecule has 0 fully saturated rings. The number of rotatable bonds is 6. The van der Waals surface area contributed by atoms with Gasteiger partial charge in [-0.2, -0.15) is 0 Å². The van der Waals surface area contributed by atoms with E-state index in [2.05, 4.69) is 26.2 Å². The van der Waals surface area contributed by atoms with Gasteiger partial charge >= 0.3 is 5.97 Å². The lowest BCUT2D eigenvalue weighted by molar-refractivity contribution is -0.119. The molecule has 0 bridgehead atoms. The third-order valence-electron chi connectivity index (χ3n) is 3.40. The van der Waals surface area contributed by atoms with Crippen molar-refractivity contribution in [1.82, 2.24) is 4.98 Å². The standard InChI is InChI=1S/C20H15BrN2O3S/c21-14-4-8-16(9-5-14)27-17-10-6-15(7-11-17)23-19(24)13-26-20(25)18-3-1-2-12-22-18/h1-12H,13H2,(H,23,24). The van der Waals surface area contributed by atoms with Crippen molar-refractivity contribution >= 4 is 45.3 Å². The Morgan fingerprint density at radius 3 is 2.26 bits per heavy atom. The molecule has 1 heterocycles. The maximum Gasteiger partial charge on any atom is 0.357 e. The number of anilines is 1. The van der Waals surface area contributed by atoms with Crippen molar-refractivity contribution in [1.29, 1.82) is 0 Å². The minimum atomic E-state index is -0.632. The second-order valence-corrected chi connectivity index (χ2v) is 7.48. The highest BCUT2D eigenvalue weighted by Gasteiger charge is 2.11. The average molecular weight is 443 g/mol. The van der Waals surface area contributed by atoms with Crippen LogP contribution in [0.4, 0.5) is 5.69 Å². The number of halogens is 1. The number of pyridine rings is 1. The Morgan fingerprint density at radius 2 is 1.63 bits per heavy atom. The van der Waals surface area contributed by atoms with Crippen LogP contribution in [0, 0.1) is 0 Å². The van der Waals surface area contributed by atoms with Gasteiger partial charge in [-0.15, -0.1) is 0 Å². The Bertz CT molecular complexity index is 916. The highest BCUT2D eigenvalue weighted by Crippen LogP contribution is 2.29. The van der Waals surface area contributed by atoms with Crippen LogP contribution in [0.2, 0.25) is 0 Å². The van der Waals surface area contributed by atoms with E-state index in [-0.39, 0.29) is 12.3 Å². The summed E-state index contributed by atoms with van der Waals surface area (Å²) in [6.45, 7) is -0.370. The van der Waals surface area contributed by atoms with E-state index >= 15 is 0 Å². The number of aromatic nitrogens is 1. The molecule has 0 aliphatic heterocycles. The molecule has 0 unspecified atom stereocenters. The number of ether oxygens (including phenoxy) is 1. The number of benzene rings is 2. The van der Waals surface area contributed by atoms with Crippen molar-refractivity contribution in [2.24, 2.45) is 0 Å². The van der Waals surface area contributed by atoms with Crippen molar-refractivity contribution in [3.05, 3.63) is 83.1 Å². The molecule has 0 aliphatic carbocycles. The van der Waals surface area contributed by atoms with E-state index in [1.54, 1.807) is 36.0 Å². The Hall–Kier alpha value is -2.64. The fourth-order valence-corrected chi connectivity index (χ4v) is 3.21. The summed E-state index contributed by atoms with van der Waals surface area (Å²) in [6, 6.07) is 20.4. The summed E-state index contributed by atoms with van der Waals surface area (Å²) < 4.78 is 5.99. The summed E-state index contributed by atoms with van der Waals surface area (Å²) >= 11 is 5.04. The number of nitrogens with zero attached hydrogens (tertiary/aromatic N) is 1. The minimum absolute atomic E-state index is 0.166. The molecule has 1 N–H and O–H groups in total. The summed E-state index contributed by atoms with van der Waals surface area (Å²) in [7, 11) is 0. The SMILES string of the molecule is O=C(COC(=O)c1ccccn1)Nc1ccc(Sc2ccc(Br)cc2)cc1. The van der Waals surface area contributed by atoms with E-state index in [4.69, 9.17) is 4.74 Å². The van der Waals surface area contributed by atoms with Gasteiger partial charge in [0.05, 0.1) is 0 Å². The fourth-order valence-electron chi connectivity index (χ4n) is 2.13. The first-order valence-electron chi connectivity index (χ1n) is 8.02. The van der Waals surface area contributed by atoms with E-state index < -0.39 is 11.9 Å². The molecule has 136 valence electrons. The quantitative estimate of drug-likeness (QED) is 0.555. The van der Waals surface area contributed by atoms with Crippen LogP contribution in [0.5, 0.6) is 0 Å². The molecule has 0 saturated heterocycles. The first kappa shape index (κ1) is 19.1. The molecule has 1 amide bonds. The van der Waals surface area contributed by atoms with Gasteiger partial charge in [0.25, 0.3) is 5.91 Å². The predicted molar refractivity (Wildman–Crippen MR) is 108 cm³/mol. The van der Waals surface area contributed by atoms with Gasteiger partial charge < -0.3 is 10.1 Å². The van der Waals surface area contributed by atoms with Crippen molar-refractivity contribution in [2.75, 3.05) is 11.9 Å². The first-order chi connectivity index (χ1) is 13.1. The summed E-state index contributed by atoms with van der Waals surface area (Å²) in [5.74, 6) is -1.04. The largest absolute Gasteiger partial charge is 0.451 e. The monoisotopic (exact) mass is 442 g/mol. The van der Waals surface area contributed by atoms with Crippen LogP contribution in [0.1, 0.15) is 10.5 Å². The topological polar surface area (TPSA) is 68.3 Å². The smallest absolute Gasteiger partial charge is 0.357 e. The zero-order valence-corrected chi connectivity index (χ0v) is 16.5. The van der Waals surface area contributed by atoms with Gasteiger partial charge in [0.1, 0.15) is 5.69 Å². The molecule has 0 spiro atoms. The Kier molecular flexibility index (Phi) is 6.62. The Labute approximate surface area is 169 Å². The predicted octanol–water partition coefficient (Wildman–Crippen LogP) is 4.79. The van der Waals surface area contributed by atoms with Crippen LogP contribution in [-0.2, 0) is 9.53 Å². The fraction of sp³-hybridized carbons (Fsp3) is 0.0500. The van der Waals surface area contributed by atoms with Gasteiger partial charge in [0, 0.05) is 26.1 Å². The maximum atomic E-state index is 11.9. The second kappa shape index (κ2) is 9.34. The van der Waals surface area contributed by atoms with Crippen molar-refractivity contribution in [2.45, 2.75) is 9.79 Å². The molecule has 0 saturated carbocycles. The Balaban J connectivity index is 1.49. The molecular weight excluding hydrogens is 428 g/mol. The number of esters is 1. The average Bonchev–Trinajstić information content (AvgIpc) is 2.70. The molecule has 0 atom stereocenters. The molecule has 3 aromatic rings. The maximum absolute atomic E-state index is 11.9. The molecule has 27 heavy (non-hydrogen) atoms. The first-order valence-corrected chi connectivity index (χ1v) is 9.62. The van der Waals surface area contributed by atoms with Crippen LogP contribution >= 0.6 is 27.7 Å². The highest BCUT2D eigenvalue weighted by atomic mass is 79.9. The number of hydrogen-bond acceptors (Lipinski definition) is 5. The van der Waals surface area contributed by atoms with E-state index in [1.165, 1.54) is 12.3 Å². The Morgan fingerprint density at radius 1 is 0.963 bits per heavy atom.